The lowest BCUT2D eigenvalue weighted by Crippen LogP contribution is -2.11. The zero-order chi connectivity index (χ0) is 15.2. The third-order valence-corrected chi connectivity index (χ3v) is 3.37. The molecule has 6 nitrogen and oxygen atoms in total. The van der Waals surface area contributed by atoms with E-state index >= 15 is 0 Å². The number of pyridine rings is 1. The molecule has 112 valence electrons. The van der Waals surface area contributed by atoms with Crippen LogP contribution in [0.5, 0.6) is 0 Å². The van der Waals surface area contributed by atoms with Gasteiger partial charge in [0.1, 0.15) is 0 Å². The van der Waals surface area contributed by atoms with Crippen LogP contribution in [0.15, 0.2) is 42.9 Å². The molecule has 0 bridgehead atoms. The lowest BCUT2D eigenvalue weighted by molar-refractivity contribution is 0.877. The van der Waals surface area contributed by atoms with E-state index in [0.29, 0.717) is 11.0 Å². The van der Waals surface area contributed by atoms with Gasteiger partial charge in [-0.15, -0.1) is 5.10 Å². The molecule has 0 saturated heterocycles. The normalized spacial score (nSPS) is 10.6. The molecule has 0 amide bonds. The zero-order valence-corrected chi connectivity index (χ0v) is 12.6. The summed E-state index contributed by atoms with van der Waals surface area (Å²) in [5.74, 6) is 0.548. The second-order valence-electron chi connectivity index (χ2n) is 4.69. The summed E-state index contributed by atoms with van der Waals surface area (Å²) < 4.78 is 0. The third kappa shape index (κ3) is 3.59. The van der Waals surface area contributed by atoms with Gasteiger partial charge < -0.3 is 10.6 Å². The molecule has 0 aliphatic carbocycles. The highest BCUT2D eigenvalue weighted by Crippen LogP contribution is 2.24. The largest absolute Gasteiger partial charge is 0.384 e. The number of benzene rings is 1. The van der Waals surface area contributed by atoms with Crippen LogP contribution in [-0.2, 0) is 0 Å². The first-order valence-electron chi connectivity index (χ1n) is 6.98. The first kappa shape index (κ1) is 14.5. The maximum atomic E-state index is 5.99. The fourth-order valence-electron chi connectivity index (χ4n) is 2.12. The van der Waals surface area contributed by atoms with E-state index in [4.69, 9.17) is 11.6 Å². The van der Waals surface area contributed by atoms with E-state index < -0.39 is 0 Å². The van der Waals surface area contributed by atoms with Crippen LogP contribution in [0.3, 0.4) is 0 Å². The van der Waals surface area contributed by atoms with Crippen molar-refractivity contribution in [3.63, 3.8) is 0 Å². The van der Waals surface area contributed by atoms with Gasteiger partial charge in [-0.25, -0.2) is 4.98 Å². The van der Waals surface area contributed by atoms with Gasteiger partial charge in [-0.05, 0) is 30.7 Å². The van der Waals surface area contributed by atoms with Crippen molar-refractivity contribution in [1.82, 2.24) is 20.2 Å². The molecule has 22 heavy (non-hydrogen) atoms. The van der Waals surface area contributed by atoms with Crippen molar-refractivity contribution in [1.29, 1.82) is 0 Å². The molecule has 1 aromatic carbocycles. The van der Waals surface area contributed by atoms with E-state index in [2.05, 4.69) is 30.8 Å². The second kappa shape index (κ2) is 7.00. The van der Waals surface area contributed by atoms with Gasteiger partial charge in [-0.1, -0.05) is 11.6 Å². The van der Waals surface area contributed by atoms with Gasteiger partial charge in [-0.3, -0.25) is 4.98 Å². The van der Waals surface area contributed by atoms with E-state index in [1.54, 1.807) is 18.6 Å². The maximum Gasteiger partial charge on any atom is 0.242 e. The summed E-state index contributed by atoms with van der Waals surface area (Å²) in [7, 11) is 0. The predicted molar refractivity (Wildman–Crippen MR) is 88.2 cm³/mol. The van der Waals surface area contributed by atoms with Crippen LogP contribution in [0.25, 0.3) is 10.9 Å². The van der Waals surface area contributed by atoms with Crippen molar-refractivity contribution in [2.24, 2.45) is 0 Å². The minimum absolute atomic E-state index is 0.548. The molecule has 0 unspecified atom stereocenters. The maximum absolute atomic E-state index is 5.99. The Morgan fingerprint density at radius 3 is 2.73 bits per heavy atom. The van der Waals surface area contributed by atoms with Crippen molar-refractivity contribution in [2.75, 3.05) is 23.7 Å². The van der Waals surface area contributed by atoms with E-state index in [9.17, 15) is 0 Å². The van der Waals surface area contributed by atoms with Crippen LogP contribution in [0.4, 0.5) is 11.6 Å². The Labute approximate surface area is 133 Å². The van der Waals surface area contributed by atoms with E-state index in [-0.39, 0.29) is 0 Å². The van der Waals surface area contributed by atoms with Crippen LogP contribution in [-0.4, -0.2) is 33.3 Å². The third-order valence-electron chi connectivity index (χ3n) is 3.14. The molecular formula is C15H15ClN6. The fourth-order valence-corrected chi connectivity index (χ4v) is 2.28. The number of halogens is 1. The quantitative estimate of drug-likeness (QED) is 0.681. The van der Waals surface area contributed by atoms with E-state index in [1.165, 1.54) is 0 Å². The highest BCUT2D eigenvalue weighted by Gasteiger charge is 2.02. The molecule has 2 N–H and O–H groups in total. The highest BCUT2D eigenvalue weighted by atomic mass is 35.5. The summed E-state index contributed by atoms with van der Waals surface area (Å²) in [6, 6.07) is 7.68. The van der Waals surface area contributed by atoms with Gasteiger partial charge in [0.05, 0.1) is 17.9 Å². The molecule has 0 radical (unpaired) electrons. The number of nitrogens with zero attached hydrogens (tertiary/aromatic N) is 4. The van der Waals surface area contributed by atoms with E-state index in [0.717, 1.165) is 36.1 Å². The van der Waals surface area contributed by atoms with Crippen LogP contribution in [0, 0.1) is 0 Å². The van der Waals surface area contributed by atoms with Gasteiger partial charge in [-0.2, -0.15) is 5.10 Å². The molecule has 0 aliphatic rings. The van der Waals surface area contributed by atoms with Gasteiger partial charge in [0, 0.05) is 35.4 Å². The highest BCUT2D eigenvalue weighted by molar-refractivity contribution is 6.31. The fraction of sp³-hybridized carbons (Fsp3) is 0.200. The lowest BCUT2D eigenvalue weighted by Gasteiger charge is -2.10. The van der Waals surface area contributed by atoms with Gasteiger partial charge in [0.15, 0.2) is 0 Å². The Morgan fingerprint density at radius 1 is 0.955 bits per heavy atom. The van der Waals surface area contributed by atoms with E-state index in [1.807, 2.05) is 24.3 Å². The molecule has 2 aromatic heterocycles. The number of hydrogen-bond acceptors (Lipinski definition) is 6. The molecule has 0 aliphatic heterocycles. The summed E-state index contributed by atoms with van der Waals surface area (Å²) in [6.45, 7) is 1.60. The standard InChI is InChI=1S/C15H15ClN6/c16-11-2-3-12-13(4-7-18-14(12)10-11)17-5-1-6-19-15-20-8-9-21-22-15/h2-4,7-10H,1,5-6H2,(H,17,18)(H,19,20,22). The molecule has 3 aromatic rings. The number of nitrogens with one attached hydrogen (secondary N) is 2. The number of fused-ring (bicyclic) bond motifs is 1. The number of rotatable bonds is 6. The van der Waals surface area contributed by atoms with Crippen molar-refractivity contribution < 1.29 is 0 Å². The molecule has 0 fully saturated rings. The predicted octanol–water partition coefficient (Wildman–Crippen LogP) is 2.99. The number of hydrogen-bond donors (Lipinski definition) is 2. The average Bonchev–Trinajstić information content (AvgIpc) is 2.55. The Hall–Kier alpha value is -2.47. The van der Waals surface area contributed by atoms with Crippen LogP contribution in [0.2, 0.25) is 5.02 Å². The van der Waals surface area contributed by atoms with Gasteiger partial charge >= 0.3 is 0 Å². The molecule has 0 spiro atoms. The molecule has 0 atom stereocenters. The molecular weight excluding hydrogens is 300 g/mol. The molecule has 0 saturated carbocycles. The summed E-state index contributed by atoms with van der Waals surface area (Å²) in [4.78, 5) is 8.38. The Kier molecular flexibility index (Phi) is 4.60. The van der Waals surface area contributed by atoms with Gasteiger partial charge in [0.2, 0.25) is 5.95 Å². The number of anilines is 2. The summed E-state index contributed by atoms with van der Waals surface area (Å²) in [5.41, 5.74) is 1.94. The molecule has 2 heterocycles. The molecule has 7 heteroatoms. The second-order valence-corrected chi connectivity index (χ2v) is 5.13. The topological polar surface area (TPSA) is 75.6 Å². The Balaban J connectivity index is 1.54. The number of aromatic nitrogens is 4. The smallest absolute Gasteiger partial charge is 0.242 e. The van der Waals surface area contributed by atoms with Crippen LogP contribution < -0.4 is 10.6 Å². The average molecular weight is 315 g/mol. The van der Waals surface area contributed by atoms with Crippen LogP contribution in [0.1, 0.15) is 6.42 Å². The summed E-state index contributed by atoms with van der Waals surface area (Å²) >= 11 is 5.99. The zero-order valence-electron chi connectivity index (χ0n) is 11.8. The van der Waals surface area contributed by atoms with Crippen LogP contribution >= 0.6 is 11.6 Å². The van der Waals surface area contributed by atoms with Gasteiger partial charge in [0.25, 0.3) is 0 Å². The van der Waals surface area contributed by atoms with Crippen molar-refractivity contribution >= 4 is 34.1 Å². The first-order valence-corrected chi connectivity index (χ1v) is 7.36. The van der Waals surface area contributed by atoms with Crippen molar-refractivity contribution in [3.05, 3.63) is 47.9 Å². The Bertz CT molecular complexity index is 749. The monoisotopic (exact) mass is 314 g/mol. The molecule has 3 rings (SSSR count). The van der Waals surface area contributed by atoms with Crippen molar-refractivity contribution in [3.8, 4) is 0 Å². The summed E-state index contributed by atoms with van der Waals surface area (Å²) in [5, 5.41) is 15.9. The Morgan fingerprint density at radius 2 is 1.86 bits per heavy atom. The first-order chi connectivity index (χ1) is 10.8. The summed E-state index contributed by atoms with van der Waals surface area (Å²) in [6.07, 6.45) is 5.87. The SMILES string of the molecule is Clc1ccc2c(NCCCNc3nccnn3)ccnc2c1. The minimum atomic E-state index is 0.548. The lowest BCUT2D eigenvalue weighted by atomic mass is 10.2. The minimum Gasteiger partial charge on any atom is -0.384 e. The van der Waals surface area contributed by atoms with Crippen molar-refractivity contribution in [2.45, 2.75) is 6.42 Å².